The third kappa shape index (κ3) is 1.23. The minimum Gasteiger partial charge on any atom is -0.262 e. The predicted octanol–water partition coefficient (Wildman–Crippen LogP) is 2.38. The molecule has 12 heavy (non-hydrogen) atoms. The van der Waals surface area contributed by atoms with Crippen molar-refractivity contribution in [2.24, 2.45) is 0 Å². The molecule has 1 aliphatic carbocycles. The molecule has 1 fully saturated rings. The second-order valence-corrected chi connectivity index (χ2v) is 4.19. The maximum atomic E-state index is 12.6. The largest absolute Gasteiger partial charge is 0.272 e. The molecular formula is C7H7F2IN2. The molecule has 1 atom stereocenters. The molecule has 1 aromatic rings. The van der Waals surface area contributed by atoms with Crippen LogP contribution in [0.5, 0.6) is 0 Å². The fourth-order valence-electron chi connectivity index (χ4n) is 1.10. The van der Waals surface area contributed by atoms with Crippen molar-refractivity contribution in [1.29, 1.82) is 0 Å². The Morgan fingerprint density at radius 2 is 2.33 bits per heavy atom. The molecule has 0 N–H and O–H groups in total. The van der Waals surface area contributed by atoms with E-state index in [1.165, 1.54) is 4.68 Å². The molecular weight excluding hydrogens is 277 g/mol. The second-order valence-electron chi connectivity index (χ2n) is 3.02. The van der Waals surface area contributed by atoms with Crippen LogP contribution in [0.1, 0.15) is 18.2 Å². The highest BCUT2D eigenvalue weighted by atomic mass is 127. The van der Waals surface area contributed by atoms with Crippen LogP contribution in [0.25, 0.3) is 0 Å². The first kappa shape index (κ1) is 8.40. The van der Waals surface area contributed by atoms with Crippen LogP contribution in [-0.2, 0) is 0 Å². The number of alkyl halides is 2. The first-order chi connectivity index (χ1) is 5.50. The Morgan fingerprint density at radius 1 is 1.75 bits per heavy atom. The lowest BCUT2D eigenvalue weighted by Gasteiger charge is -1.96. The van der Waals surface area contributed by atoms with Crippen molar-refractivity contribution in [1.82, 2.24) is 9.78 Å². The summed E-state index contributed by atoms with van der Waals surface area (Å²) in [5.74, 6) is -2.53. The number of hydrogen-bond donors (Lipinski definition) is 0. The molecule has 1 aliphatic rings. The minimum absolute atomic E-state index is 0.0653. The Morgan fingerprint density at radius 3 is 2.67 bits per heavy atom. The quantitative estimate of drug-likeness (QED) is 0.724. The molecule has 0 amide bonds. The molecule has 0 aliphatic heterocycles. The van der Waals surface area contributed by atoms with E-state index in [1.54, 1.807) is 6.20 Å². The Balaban J connectivity index is 2.26. The summed E-state index contributed by atoms with van der Waals surface area (Å²) in [6.45, 7) is 1.82. The molecule has 0 radical (unpaired) electrons. The van der Waals surface area contributed by atoms with E-state index in [0.29, 0.717) is 0 Å². The first-order valence-corrected chi connectivity index (χ1v) is 4.67. The standard InChI is InChI=1S/C7H7F2IN2/c1-4-5(10)3-12(11-4)6-2-7(6,8)9/h3,6H,2H2,1H3/t6-/m0/s1. The molecule has 0 unspecified atom stereocenters. The van der Waals surface area contributed by atoms with Gasteiger partial charge < -0.3 is 0 Å². The van der Waals surface area contributed by atoms with Crippen molar-refractivity contribution < 1.29 is 8.78 Å². The van der Waals surface area contributed by atoms with Gasteiger partial charge in [0.25, 0.3) is 5.92 Å². The van der Waals surface area contributed by atoms with Crippen molar-refractivity contribution in [2.75, 3.05) is 0 Å². The number of aryl methyl sites for hydroxylation is 1. The predicted molar refractivity (Wildman–Crippen MR) is 48.3 cm³/mol. The van der Waals surface area contributed by atoms with Crippen LogP contribution >= 0.6 is 22.6 Å². The van der Waals surface area contributed by atoms with E-state index in [2.05, 4.69) is 27.7 Å². The lowest BCUT2D eigenvalue weighted by molar-refractivity contribution is 0.0983. The maximum Gasteiger partial charge on any atom is 0.272 e. The van der Waals surface area contributed by atoms with E-state index < -0.39 is 12.0 Å². The smallest absolute Gasteiger partial charge is 0.262 e. The summed E-state index contributed by atoms with van der Waals surface area (Å²) < 4.78 is 27.4. The lowest BCUT2D eigenvalue weighted by Crippen LogP contribution is -2.02. The summed E-state index contributed by atoms with van der Waals surface area (Å²) in [6.07, 6.45) is 1.60. The fourth-order valence-corrected chi connectivity index (χ4v) is 1.50. The Hall–Kier alpha value is -0.200. The third-order valence-corrected chi connectivity index (χ3v) is 3.03. The molecule has 5 heteroatoms. The number of aromatic nitrogens is 2. The Bertz CT molecular complexity index is 302. The van der Waals surface area contributed by atoms with Crippen LogP contribution in [0.4, 0.5) is 8.78 Å². The molecule has 2 rings (SSSR count). The Labute approximate surface area is 82.1 Å². The van der Waals surface area contributed by atoms with E-state index in [-0.39, 0.29) is 6.42 Å². The van der Waals surface area contributed by atoms with Crippen molar-refractivity contribution >= 4 is 22.6 Å². The molecule has 1 aromatic heterocycles. The lowest BCUT2D eigenvalue weighted by atomic mass is 10.5. The summed E-state index contributed by atoms with van der Waals surface area (Å²) >= 11 is 2.09. The number of hydrogen-bond acceptors (Lipinski definition) is 1. The van der Waals surface area contributed by atoms with Gasteiger partial charge in [-0.2, -0.15) is 5.10 Å². The molecule has 0 saturated heterocycles. The van der Waals surface area contributed by atoms with Gasteiger partial charge in [-0.05, 0) is 29.5 Å². The molecule has 0 spiro atoms. The molecule has 1 heterocycles. The molecule has 0 bridgehead atoms. The van der Waals surface area contributed by atoms with E-state index in [4.69, 9.17) is 0 Å². The highest BCUT2D eigenvalue weighted by Gasteiger charge is 2.59. The van der Waals surface area contributed by atoms with Gasteiger partial charge >= 0.3 is 0 Å². The van der Waals surface area contributed by atoms with Gasteiger partial charge in [0.1, 0.15) is 6.04 Å². The van der Waals surface area contributed by atoms with Crippen LogP contribution in [0.3, 0.4) is 0 Å². The molecule has 1 saturated carbocycles. The zero-order valence-electron chi connectivity index (χ0n) is 6.39. The topological polar surface area (TPSA) is 17.8 Å². The van der Waals surface area contributed by atoms with Crippen LogP contribution in [-0.4, -0.2) is 15.7 Å². The summed E-state index contributed by atoms with van der Waals surface area (Å²) in [4.78, 5) is 0. The van der Waals surface area contributed by atoms with Crippen molar-refractivity contribution in [3.8, 4) is 0 Å². The van der Waals surface area contributed by atoms with Crippen LogP contribution < -0.4 is 0 Å². The highest BCUT2D eigenvalue weighted by Crippen LogP contribution is 2.52. The third-order valence-electron chi connectivity index (χ3n) is 1.97. The van der Waals surface area contributed by atoms with E-state index in [9.17, 15) is 8.78 Å². The van der Waals surface area contributed by atoms with Gasteiger partial charge in [-0.3, -0.25) is 4.68 Å². The summed E-state index contributed by atoms with van der Waals surface area (Å²) in [7, 11) is 0. The Kier molecular flexibility index (Phi) is 1.68. The van der Waals surface area contributed by atoms with Gasteiger partial charge in [0, 0.05) is 12.6 Å². The van der Waals surface area contributed by atoms with Crippen LogP contribution in [0.15, 0.2) is 6.20 Å². The SMILES string of the molecule is Cc1nn([C@H]2CC2(F)F)cc1I. The van der Waals surface area contributed by atoms with Crippen molar-refractivity contribution in [2.45, 2.75) is 25.3 Å². The summed E-state index contributed by atoms with van der Waals surface area (Å²) in [5.41, 5.74) is 0.818. The van der Waals surface area contributed by atoms with Crippen LogP contribution in [0.2, 0.25) is 0 Å². The van der Waals surface area contributed by atoms with Gasteiger partial charge in [0.2, 0.25) is 0 Å². The molecule has 0 aromatic carbocycles. The van der Waals surface area contributed by atoms with Gasteiger partial charge in [-0.25, -0.2) is 8.78 Å². The highest BCUT2D eigenvalue weighted by molar-refractivity contribution is 14.1. The van der Waals surface area contributed by atoms with Gasteiger partial charge in [0.05, 0.1) is 9.26 Å². The summed E-state index contributed by atoms with van der Waals surface area (Å²) in [5, 5.41) is 4.00. The van der Waals surface area contributed by atoms with Crippen LogP contribution in [0, 0.1) is 10.5 Å². The van der Waals surface area contributed by atoms with Gasteiger partial charge in [-0.15, -0.1) is 0 Å². The average molecular weight is 284 g/mol. The molecule has 2 nitrogen and oxygen atoms in total. The van der Waals surface area contributed by atoms with E-state index >= 15 is 0 Å². The van der Waals surface area contributed by atoms with E-state index in [1.807, 2.05) is 6.92 Å². The monoisotopic (exact) mass is 284 g/mol. The zero-order valence-corrected chi connectivity index (χ0v) is 8.55. The maximum absolute atomic E-state index is 12.6. The number of nitrogens with zero attached hydrogens (tertiary/aromatic N) is 2. The molecule has 66 valence electrons. The summed E-state index contributed by atoms with van der Waals surface area (Å²) in [6, 6.07) is -0.695. The second kappa shape index (κ2) is 2.40. The van der Waals surface area contributed by atoms with Gasteiger partial charge in [0.15, 0.2) is 0 Å². The van der Waals surface area contributed by atoms with E-state index in [0.717, 1.165) is 9.26 Å². The average Bonchev–Trinajstić information content (AvgIpc) is 2.45. The number of halogens is 3. The van der Waals surface area contributed by atoms with Crippen molar-refractivity contribution in [3.63, 3.8) is 0 Å². The normalized spacial score (nSPS) is 25.8. The van der Waals surface area contributed by atoms with Crippen molar-refractivity contribution in [3.05, 3.63) is 15.5 Å². The number of rotatable bonds is 1. The fraction of sp³-hybridized carbons (Fsp3) is 0.571. The van der Waals surface area contributed by atoms with Gasteiger partial charge in [-0.1, -0.05) is 0 Å². The minimum atomic E-state index is -2.53. The first-order valence-electron chi connectivity index (χ1n) is 3.60. The zero-order chi connectivity index (χ0) is 8.93.